The lowest BCUT2D eigenvalue weighted by Crippen LogP contribution is -2.43. The minimum atomic E-state index is -0.493. The molecule has 1 aliphatic heterocycles. The second-order valence-corrected chi connectivity index (χ2v) is 10.3. The largest absolute Gasteiger partial charge is 0.390 e. The Kier molecular flexibility index (Phi) is 9.22. The molecule has 1 N–H and O–H groups in total. The van der Waals surface area contributed by atoms with Gasteiger partial charge in [0.1, 0.15) is 0 Å². The molecule has 0 radical (unpaired) electrons. The van der Waals surface area contributed by atoms with Gasteiger partial charge in [-0.3, -0.25) is 0 Å². The van der Waals surface area contributed by atoms with Gasteiger partial charge in [-0.1, -0.05) is 62.5 Å². The van der Waals surface area contributed by atoms with Gasteiger partial charge in [0.25, 0.3) is 0 Å². The van der Waals surface area contributed by atoms with Gasteiger partial charge in [0.15, 0.2) is 0 Å². The van der Waals surface area contributed by atoms with Crippen molar-refractivity contribution in [3.05, 3.63) is 34.9 Å². The Balaban J connectivity index is 1.73. The van der Waals surface area contributed by atoms with Crippen molar-refractivity contribution in [2.45, 2.75) is 129 Å². The summed E-state index contributed by atoms with van der Waals surface area (Å²) in [4.78, 5) is 0. The maximum Gasteiger partial charge on any atom is 0.0858 e. The van der Waals surface area contributed by atoms with E-state index in [1.54, 1.807) is 0 Å². The molecule has 1 saturated heterocycles. The predicted octanol–water partition coefficient (Wildman–Crippen LogP) is 7.67. The van der Waals surface area contributed by atoms with E-state index < -0.39 is 5.60 Å². The first-order valence-electron chi connectivity index (χ1n) is 12.1. The zero-order chi connectivity index (χ0) is 21.5. The summed E-state index contributed by atoms with van der Waals surface area (Å²) in [5, 5.41) is 10.5. The Bertz CT molecular complexity index is 610. The van der Waals surface area contributed by atoms with Crippen LogP contribution < -0.4 is 0 Å². The van der Waals surface area contributed by atoms with E-state index in [9.17, 15) is 5.11 Å². The molecule has 2 nitrogen and oxygen atoms in total. The molecule has 0 saturated carbocycles. The monoisotopic (exact) mass is 402 g/mol. The van der Waals surface area contributed by atoms with Crippen LogP contribution in [0.3, 0.4) is 0 Å². The molecule has 29 heavy (non-hydrogen) atoms. The number of allylic oxidation sites excluding steroid dienone is 4. The molecule has 0 aromatic rings. The van der Waals surface area contributed by atoms with Crippen molar-refractivity contribution in [3.8, 4) is 0 Å². The molecule has 0 spiro atoms. The predicted molar refractivity (Wildman–Crippen MR) is 125 cm³/mol. The van der Waals surface area contributed by atoms with Crippen molar-refractivity contribution in [2.24, 2.45) is 5.92 Å². The van der Waals surface area contributed by atoms with E-state index in [0.29, 0.717) is 5.92 Å². The fourth-order valence-electron chi connectivity index (χ4n) is 4.76. The van der Waals surface area contributed by atoms with Crippen molar-refractivity contribution < 1.29 is 9.84 Å². The normalized spacial score (nSPS) is 29.7. The summed E-state index contributed by atoms with van der Waals surface area (Å²) in [6, 6.07) is 0. The van der Waals surface area contributed by atoms with Crippen LogP contribution in [0.4, 0.5) is 0 Å². The van der Waals surface area contributed by atoms with Crippen molar-refractivity contribution >= 4 is 0 Å². The Labute approximate surface area is 180 Å². The van der Waals surface area contributed by atoms with Crippen LogP contribution in [0.15, 0.2) is 34.9 Å². The zero-order valence-electron chi connectivity index (χ0n) is 20.0. The van der Waals surface area contributed by atoms with Crippen molar-refractivity contribution in [1.82, 2.24) is 0 Å². The maximum absolute atomic E-state index is 10.5. The number of unbranched alkanes of at least 4 members (excludes halogenated alkanes) is 2. The summed E-state index contributed by atoms with van der Waals surface area (Å²) >= 11 is 0. The first kappa shape index (κ1) is 24.4. The lowest BCUT2D eigenvalue weighted by atomic mass is 9.78. The molecular weight excluding hydrogens is 356 g/mol. The number of aliphatic hydroxyl groups is 1. The number of rotatable bonds is 11. The van der Waals surface area contributed by atoms with E-state index in [0.717, 1.165) is 51.4 Å². The Hall–Kier alpha value is -0.860. The third kappa shape index (κ3) is 7.72. The van der Waals surface area contributed by atoms with Crippen LogP contribution >= 0.6 is 0 Å². The number of fused-ring (bicyclic) bond motifs is 1. The van der Waals surface area contributed by atoms with Crippen molar-refractivity contribution in [1.29, 1.82) is 0 Å². The number of hydrogen-bond acceptors (Lipinski definition) is 2. The highest BCUT2D eigenvalue weighted by Gasteiger charge is 2.38. The van der Waals surface area contributed by atoms with Gasteiger partial charge in [-0.2, -0.15) is 0 Å². The molecule has 0 bridgehead atoms. The lowest BCUT2D eigenvalue weighted by Gasteiger charge is -2.44. The summed E-state index contributed by atoms with van der Waals surface area (Å²) in [6.45, 7) is 13.3. The van der Waals surface area contributed by atoms with E-state index >= 15 is 0 Å². The van der Waals surface area contributed by atoms with E-state index in [1.165, 1.54) is 36.0 Å². The van der Waals surface area contributed by atoms with Crippen molar-refractivity contribution in [3.63, 3.8) is 0 Å². The van der Waals surface area contributed by atoms with Gasteiger partial charge >= 0.3 is 0 Å². The van der Waals surface area contributed by atoms with Crippen LogP contribution in [-0.4, -0.2) is 22.4 Å². The standard InChI is InChI=1S/C27H46O2/c1-7-8-9-17-26(5,28)18-10-12-21(2)13-11-19-27(6)20-16-24-15-14-22(3)23(4)25(24)29-27/h13-15,23,25,28H,7-12,16-20H2,1-6H3/b21-13+. The number of ether oxygens (including phenoxy) is 1. The minimum absolute atomic E-state index is 0.00633. The Morgan fingerprint density at radius 3 is 2.72 bits per heavy atom. The van der Waals surface area contributed by atoms with E-state index in [2.05, 4.69) is 52.8 Å². The summed E-state index contributed by atoms with van der Waals surface area (Å²) in [7, 11) is 0. The van der Waals surface area contributed by atoms with Gasteiger partial charge in [-0.15, -0.1) is 0 Å². The van der Waals surface area contributed by atoms with Crippen LogP contribution in [0, 0.1) is 5.92 Å². The average molecular weight is 403 g/mol. The molecule has 2 rings (SSSR count). The van der Waals surface area contributed by atoms with Gasteiger partial charge in [-0.25, -0.2) is 0 Å². The highest BCUT2D eigenvalue weighted by atomic mass is 16.5. The molecule has 0 amide bonds. The smallest absolute Gasteiger partial charge is 0.0858 e. The van der Waals surface area contributed by atoms with E-state index in [-0.39, 0.29) is 11.7 Å². The minimum Gasteiger partial charge on any atom is -0.390 e. The number of hydrogen-bond donors (Lipinski definition) is 1. The highest BCUT2D eigenvalue weighted by molar-refractivity contribution is 5.30. The molecular formula is C27H46O2. The molecule has 166 valence electrons. The van der Waals surface area contributed by atoms with Crippen LogP contribution in [0.25, 0.3) is 0 Å². The van der Waals surface area contributed by atoms with E-state index in [1.807, 2.05) is 6.92 Å². The Morgan fingerprint density at radius 2 is 2.00 bits per heavy atom. The fourth-order valence-corrected chi connectivity index (χ4v) is 4.76. The quantitative estimate of drug-likeness (QED) is 0.284. The average Bonchev–Trinajstić information content (AvgIpc) is 2.65. The molecule has 1 aliphatic carbocycles. The first-order chi connectivity index (χ1) is 13.7. The van der Waals surface area contributed by atoms with Crippen LogP contribution in [0.2, 0.25) is 0 Å². The first-order valence-corrected chi connectivity index (χ1v) is 12.1. The summed E-state index contributed by atoms with van der Waals surface area (Å²) in [5.41, 5.74) is 3.88. The van der Waals surface area contributed by atoms with Gasteiger partial charge < -0.3 is 9.84 Å². The maximum atomic E-state index is 10.5. The second-order valence-electron chi connectivity index (χ2n) is 10.3. The van der Waals surface area contributed by atoms with Crippen LogP contribution in [-0.2, 0) is 4.74 Å². The lowest BCUT2D eigenvalue weighted by molar-refractivity contribution is -0.110. The summed E-state index contributed by atoms with van der Waals surface area (Å²) < 4.78 is 6.64. The molecule has 0 aromatic heterocycles. The van der Waals surface area contributed by atoms with Crippen LogP contribution in [0.1, 0.15) is 112 Å². The summed E-state index contributed by atoms with van der Waals surface area (Å²) in [6.07, 6.45) is 19.3. The molecule has 1 fully saturated rings. The Morgan fingerprint density at radius 1 is 1.28 bits per heavy atom. The topological polar surface area (TPSA) is 29.5 Å². The zero-order valence-corrected chi connectivity index (χ0v) is 20.0. The third-order valence-corrected chi connectivity index (χ3v) is 7.22. The van der Waals surface area contributed by atoms with Crippen molar-refractivity contribution in [2.75, 3.05) is 0 Å². The SMILES string of the molecule is CCCCCC(C)(O)CCC/C(C)=C/CCC1(C)CCC2=CC=C(C)C(C)C2O1. The van der Waals surface area contributed by atoms with Crippen LogP contribution in [0.5, 0.6) is 0 Å². The fraction of sp³-hybridized carbons (Fsp3) is 0.778. The molecule has 4 atom stereocenters. The molecule has 2 heteroatoms. The van der Waals surface area contributed by atoms with Gasteiger partial charge in [0, 0.05) is 5.92 Å². The van der Waals surface area contributed by atoms with E-state index in [4.69, 9.17) is 4.74 Å². The third-order valence-electron chi connectivity index (χ3n) is 7.22. The van der Waals surface area contributed by atoms with Gasteiger partial charge in [0.2, 0.25) is 0 Å². The molecule has 1 heterocycles. The summed E-state index contributed by atoms with van der Waals surface area (Å²) in [5.74, 6) is 0.497. The second kappa shape index (κ2) is 11.0. The van der Waals surface area contributed by atoms with Gasteiger partial charge in [-0.05, 0) is 84.6 Å². The highest BCUT2D eigenvalue weighted by Crippen LogP contribution is 2.41. The molecule has 4 unspecified atom stereocenters. The molecule has 2 aliphatic rings. The van der Waals surface area contributed by atoms with Gasteiger partial charge in [0.05, 0.1) is 17.3 Å². The molecule has 0 aromatic carbocycles.